The van der Waals surface area contributed by atoms with Gasteiger partial charge in [-0.3, -0.25) is 14.5 Å². The molecular weight excluding hydrogens is 520 g/mol. The molecule has 1 aliphatic heterocycles. The summed E-state index contributed by atoms with van der Waals surface area (Å²) in [5, 5.41) is 7.71. The highest BCUT2D eigenvalue weighted by Gasteiger charge is 2.29. The predicted octanol–water partition coefficient (Wildman–Crippen LogP) is 4.41. The first kappa shape index (κ1) is 27.1. The van der Waals surface area contributed by atoms with Gasteiger partial charge in [0.1, 0.15) is 11.4 Å². The number of halogens is 2. The Morgan fingerprint density at radius 3 is 2.70 bits per heavy atom. The van der Waals surface area contributed by atoms with Crippen LogP contribution < -0.4 is 15.6 Å². The number of morpholine rings is 1. The van der Waals surface area contributed by atoms with E-state index in [4.69, 9.17) is 9.47 Å². The molecule has 1 aliphatic rings. The number of ether oxygens (including phenoxy) is 2. The Morgan fingerprint density at radius 1 is 1.12 bits per heavy atom. The van der Waals surface area contributed by atoms with E-state index in [2.05, 4.69) is 26.9 Å². The van der Waals surface area contributed by atoms with Crippen LogP contribution in [0.2, 0.25) is 0 Å². The maximum atomic E-state index is 14.0. The van der Waals surface area contributed by atoms with Gasteiger partial charge in [0.2, 0.25) is 0 Å². The predicted molar refractivity (Wildman–Crippen MR) is 146 cm³/mol. The lowest BCUT2D eigenvalue weighted by Gasteiger charge is -2.26. The lowest BCUT2D eigenvalue weighted by Crippen LogP contribution is -2.36. The third-order valence-corrected chi connectivity index (χ3v) is 6.30. The Kier molecular flexibility index (Phi) is 7.94. The molecule has 1 saturated heterocycles. The van der Waals surface area contributed by atoms with E-state index in [9.17, 15) is 18.4 Å². The first-order chi connectivity index (χ1) is 19.3. The van der Waals surface area contributed by atoms with Crippen molar-refractivity contribution in [2.24, 2.45) is 0 Å². The molecule has 0 unspecified atom stereocenters. The summed E-state index contributed by atoms with van der Waals surface area (Å²) in [6.07, 6.45) is -1.59. The number of nitrogens with zero attached hydrogens (tertiary/aromatic N) is 4. The van der Waals surface area contributed by atoms with E-state index in [0.29, 0.717) is 25.1 Å². The van der Waals surface area contributed by atoms with Crippen molar-refractivity contribution in [3.05, 3.63) is 101 Å². The van der Waals surface area contributed by atoms with Gasteiger partial charge < -0.3 is 14.8 Å². The van der Waals surface area contributed by atoms with E-state index in [1.54, 1.807) is 36.4 Å². The van der Waals surface area contributed by atoms with Crippen LogP contribution in [0.5, 0.6) is 5.75 Å². The van der Waals surface area contributed by atoms with Crippen LogP contribution in [0.15, 0.2) is 84.3 Å². The average molecular weight is 548 g/mol. The van der Waals surface area contributed by atoms with Gasteiger partial charge in [0, 0.05) is 31.1 Å². The van der Waals surface area contributed by atoms with Crippen LogP contribution >= 0.6 is 0 Å². The number of pyridine rings is 1. The fraction of sp³-hybridized carbons (Fsp3) is 0.241. The second-order valence-electron chi connectivity index (χ2n) is 9.22. The van der Waals surface area contributed by atoms with Crippen molar-refractivity contribution in [2.45, 2.75) is 19.1 Å². The Bertz CT molecular complexity index is 1600. The number of alkyl halides is 2. The van der Waals surface area contributed by atoms with Gasteiger partial charge in [-0.05, 0) is 30.3 Å². The van der Waals surface area contributed by atoms with E-state index in [1.165, 1.54) is 24.4 Å². The van der Waals surface area contributed by atoms with Gasteiger partial charge in [-0.1, -0.05) is 30.3 Å². The summed E-state index contributed by atoms with van der Waals surface area (Å²) >= 11 is 0. The first-order valence-corrected chi connectivity index (χ1v) is 12.7. The summed E-state index contributed by atoms with van der Waals surface area (Å²) < 4.78 is 39.2. The average Bonchev–Trinajstić information content (AvgIpc) is 2.94. The summed E-state index contributed by atoms with van der Waals surface area (Å²) in [6, 6.07) is 15.9. The number of rotatable bonds is 9. The summed E-state index contributed by atoms with van der Waals surface area (Å²) in [6.45, 7) is 6.81. The molecule has 1 fully saturated rings. The Morgan fingerprint density at radius 2 is 1.90 bits per heavy atom. The lowest BCUT2D eigenvalue weighted by molar-refractivity contribution is -0.172. The van der Waals surface area contributed by atoms with E-state index < -0.39 is 24.0 Å². The molecule has 0 spiro atoms. The molecule has 40 heavy (non-hydrogen) atoms. The Balaban J connectivity index is 1.42. The largest absolute Gasteiger partial charge is 0.432 e. The van der Waals surface area contributed by atoms with Gasteiger partial charge >= 0.3 is 6.11 Å². The fourth-order valence-corrected chi connectivity index (χ4v) is 4.41. The fourth-order valence-electron chi connectivity index (χ4n) is 4.41. The molecule has 0 aliphatic carbocycles. The maximum absolute atomic E-state index is 14.0. The quantitative estimate of drug-likeness (QED) is 0.310. The molecule has 0 atom stereocenters. The van der Waals surface area contributed by atoms with Crippen molar-refractivity contribution < 1.29 is 23.0 Å². The lowest BCUT2D eigenvalue weighted by atomic mass is 10.1. The van der Waals surface area contributed by atoms with Gasteiger partial charge in [-0.15, -0.1) is 6.58 Å². The van der Waals surface area contributed by atoms with Gasteiger partial charge in [0.05, 0.1) is 48.3 Å². The number of amides is 1. The summed E-state index contributed by atoms with van der Waals surface area (Å²) in [5.41, 5.74) is 0.908. The normalized spacial score (nSPS) is 14.2. The number of aromatic nitrogens is 3. The van der Waals surface area contributed by atoms with Crippen LogP contribution in [-0.4, -0.2) is 58.0 Å². The standard InChI is InChI=1S/C29H27F2N5O4/c1-2-12-29(30,31)40-23-9-5-8-22(17-23)36-28(38)26-20(18-32-36)6-3-10-24(26)34-27(37)25-11-4-7-21(33-25)19-35-13-15-39-16-14-35/h2-11,17-18H,1,12-16,19H2,(H,34,37). The molecule has 5 rings (SSSR count). The number of anilines is 1. The smallest absolute Gasteiger partial charge is 0.401 e. The number of carbonyl (C=O) groups excluding carboxylic acids is 1. The second kappa shape index (κ2) is 11.7. The number of nitrogens with one attached hydrogen (secondary N) is 1. The van der Waals surface area contributed by atoms with Crippen molar-refractivity contribution >= 4 is 22.4 Å². The third-order valence-electron chi connectivity index (χ3n) is 6.30. The molecule has 9 nitrogen and oxygen atoms in total. The van der Waals surface area contributed by atoms with Gasteiger partial charge in [0.25, 0.3) is 11.5 Å². The SMILES string of the molecule is C=CCC(F)(F)Oc1cccc(-n2ncc3cccc(NC(=O)c4cccc(CN5CCOCC5)n4)c3c2=O)c1. The number of hydrogen-bond acceptors (Lipinski definition) is 7. The van der Waals surface area contributed by atoms with Crippen molar-refractivity contribution in [1.82, 2.24) is 19.7 Å². The maximum Gasteiger partial charge on any atom is 0.401 e. The van der Waals surface area contributed by atoms with Crippen molar-refractivity contribution in [3.8, 4) is 11.4 Å². The number of benzene rings is 2. The van der Waals surface area contributed by atoms with E-state index >= 15 is 0 Å². The third kappa shape index (κ3) is 6.22. The van der Waals surface area contributed by atoms with Crippen LogP contribution in [0.1, 0.15) is 22.6 Å². The van der Waals surface area contributed by atoms with Gasteiger partial charge in [-0.25, -0.2) is 4.98 Å². The van der Waals surface area contributed by atoms with E-state index in [-0.39, 0.29) is 28.2 Å². The molecule has 4 aromatic rings. The topological polar surface area (TPSA) is 98.6 Å². The zero-order valence-corrected chi connectivity index (χ0v) is 21.6. The highest BCUT2D eigenvalue weighted by molar-refractivity contribution is 6.08. The first-order valence-electron chi connectivity index (χ1n) is 12.7. The molecule has 206 valence electrons. The van der Waals surface area contributed by atoms with Crippen LogP contribution in [0.3, 0.4) is 0 Å². The Hall–Kier alpha value is -4.48. The van der Waals surface area contributed by atoms with Crippen LogP contribution in [0.4, 0.5) is 14.5 Å². The minimum absolute atomic E-state index is 0.136. The molecule has 0 radical (unpaired) electrons. The number of hydrogen-bond donors (Lipinski definition) is 1. The van der Waals surface area contributed by atoms with Crippen LogP contribution in [0, 0.1) is 0 Å². The van der Waals surface area contributed by atoms with E-state index in [0.717, 1.165) is 29.5 Å². The van der Waals surface area contributed by atoms with E-state index in [1.807, 2.05) is 6.07 Å². The summed E-state index contributed by atoms with van der Waals surface area (Å²) in [7, 11) is 0. The molecule has 1 amide bonds. The van der Waals surface area contributed by atoms with Crippen LogP contribution in [-0.2, 0) is 11.3 Å². The van der Waals surface area contributed by atoms with Crippen molar-refractivity contribution in [1.29, 1.82) is 0 Å². The van der Waals surface area contributed by atoms with Crippen molar-refractivity contribution in [2.75, 3.05) is 31.6 Å². The highest BCUT2D eigenvalue weighted by Crippen LogP contribution is 2.27. The molecule has 0 bridgehead atoms. The minimum Gasteiger partial charge on any atom is -0.432 e. The molecule has 2 aromatic carbocycles. The minimum atomic E-state index is -3.45. The summed E-state index contributed by atoms with van der Waals surface area (Å²) in [4.78, 5) is 33.4. The molecule has 11 heteroatoms. The zero-order valence-electron chi connectivity index (χ0n) is 21.6. The highest BCUT2D eigenvalue weighted by atomic mass is 19.3. The monoisotopic (exact) mass is 547 g/mol. The molecular formula is C29H27F2N5O4. The molecule has 3 heterocycles. The number of fused-ring (bicyclic) bond motifs is 1. The second-order valence-corrected chi connectivity index (χ2v) is 9.22. The number of carbonyl (C=O) groups is 1. The summed E-state index contributed by atoms with van der Waals surface area (Å²) in [5.74, 6) is -0.610. The Labute approximate surface area is 228 Å². The molecule has 1 N–H and O–H groups in total. The van der Waals surface area contributed by atoms with Gasteiger partial charge in [0.15, 0.2) is 0 Å². The van der Waals surface area contributed by atoms with Crippen LogP contribution in [0.25, 0.3) is 16.5 Å². The molecule has 2 aromatic heterocycles. The van der Waals surface area contributed by atoms with Crippen molar-refractivity contribution in [3.63, 3.8) is 0 Å². The zero-order chi connectivity index (χ0) is 28.1. The van der Waals surface area contributed by atoms with Gasteiger partial charge in [-0.2, -0.15) is 18.6 Å². The molecule has 0 saturated carbocycles.